The van der Waals surface area contributed by atoms with E-state index >= 15 is 0 Å². The molecule has 1 aliphatic heterocycles. The highest BCUT2D eigenvalue weighted by molar-refractivity contribution is 7.91. The average molecular weight is 347 g/mol. The van der Waals surface area contributed by atoms with Gasteiger partial charge in [-0.25, -0.2) is 8.42 Å². The molecule has 0 amide bonds. The van der Waals surface area contributed by atoms with Gasteiger partial charge in [0, 0.05) is 25.1 Å². The fraction of sp³-hybridized carbons (Fsp3) is 0.643. The van der Waals surface area contributed by atoms with Gasteiger partial charge in [-0.2, -0.15) is 4.31 Å². The lowest BCUT2D eigenvalue weighted by Gasteiger charge is -2.45. The Morgan fingerprint density at radius 3 is 2.41 bits per heavy atom. The zero-order valence-electron chi connectivity index (χ0n) is 13.1. The molecule has 0 radical (unpaired) electrons. The second-order valence-corrected chi connectivity index (χ2v) is 9.91. The lowest BCUT2D eigenvalue weighted by atomic mass is 9.83. The Kier molecular flexibility index (Phi) is 4.42. The third-order valence-electron chi connectivity index (χ3n) is 3.75. The van der Waals surface area contributed by atoms with E-state index in [-0.39, 0.29) is 29.3 Å². The van der Waals surface area contributed by atoms with Crippen LogP contribution in [0.15, 0.2) is 16.3 Å². The highest BCUT2D eigenvalue weighted by atomic mass is 32.2. The highest BCUT2D eigenvalue weighted by Crippen LogP contribution is 2.39. The summed E-state index contributed by atoms with van der Waals surface area (Å²) >= 11 is 1.24. The number of carboxylic acid groups (broad SMARTS) is 1. The number of carboxylic acids is 1. The number of hydrogen-bond acceptors (Lipinski definition) is 5. The van der Waals surface area contributed by atoms with Crippen LogP contribution in [-0.2, 0) is 25.0 Å². The van der Waals surface area contributed by atoms with Crippen molar-refractivity contribution >= 4 is 27.3 Å². The number of carbonyl (C=O) groups is 1. The van der Waals surface area contributed by atoms with Crippen molar-refractivity contribution in [1.82, 2.24) is 4.31 Å². The van der Waals surface area contributed by atoms with Crippen molar-refractivity contribution in [3.05, 3.63) is 17.0 Å². The molecular formula is C14H21NO5S2. The van der Waals surface area contributed by atoms with Crippen molar-refractivity contribution < 1.29 is 23.1 Å². The maximum atomic E-state index is 12.6. The lowest BCUT2D eigenvalue weighted by molar-refractivity contribution is -0.161. The Bertz CT molecular complexity index is 666. The monoisotopic (exact) mass is 347 g/mol. The van der Waals surface area contributed by atoms with E-state index in [1.807, 2.05) is 26.8 Å². The summed E-state index contributed by atoms with van der Waals surface area (Å²) in [6.45, 7) is 5.96. The van der Waals surface area contributed by atoms with Gasteiger partial charge in [0.1, 0.15) is 9.62 Å². The van der Waals surface area contributed by atoms with E-state index in [1.54, 1.807) is 6.07 Å². The zero-order valence-corrected chi connectivity index (χ0v) is 14.8. The molecule has 1 N–H and O–H groups in total. The number of ether oxygens (including phenoxy) is 1. The first kappa shape index (κ1) is 17.4. The van der Waals surface area contributed by atoms with Gasteiger partial charge < -0.3 is 9.84 Å². The molecule has 2 heterocycles. The van der Waals surface area contributed by atoms with E-state index in [9.17, 15) is 18.3 Å². The summed E-state index contributed by atoms with van der Waals surface area (Å²) in [5.74, 6) is -1.03. The van der Waals surface area contributed by atoms with Crippen molar-refractivity contribution in [3.8, 4) is 0 Å². The number of aliphatic carboxylic acids is 1. The fourth-order valence-corrected chi connectivity index (χ4v) is 5.48. The summed E-state index contributed by atoms with van der Waals surface area (Å²) in [7, 11) is -2.22. The molecule has 1 aromatic rings. The molecule has 1 aromatic heterocycles. The molecule has 0 aromatic carbocycles. The van der Waals surface area contributed by atoms with Gasteiger partial charge in [-0.05, 0) is 17.5 Å². The number of hydrogen-bond donors (Lipinski definition) is 1. The topological polar surface area (TPSA) is 83.9 Å². The molecule has 0 unspecified atom stereocenters. The molecule has 0 bridgehead atoms. The number of sulfonamides is 1. The first-order chi connectivity index (χ1) is 10.0. The summed E-state index contributed by atoms with van der Waals surface area (Å²) in [6, 6.07) is 3.41. The molecule has 0 aliphatic carbocycles. The fourth-order valence-electron chi connectivity index (χ4n) is 2.35. The van der Waals surface area contributed by atoms with E-state index < -0.39 is 21.4 Å². The Balaban J connectivity index is 2.20. The van der Waals surface area contributed by atoms with Crippen molar-refractivity contribution in [2.24, 2.45) is 5.41 Å². The zero-order chi connectivity index (χ0) is 16.8. The van der Waals surface area contributed by atoms with Crippen LogP contribution < -0.4 is 0 Å². The predicted molar refractivity (Wildman–Crippen MR) is 83.7 cm³/mol. The van der Waals surface area contributed by atoms with Crippen LogP contribution in [0.2, 0.25) is 0 Å². The average Bonchev–Trinajstić information content (AvgIpc) is 2.82. The standard InChI is InChI=1S/C14H21NO5S2/c1-13(2,3)10-5-6-11(21-10)22(18,19)15-7-14(8-15,9-20-4)12(16)17/h5-6H,7-9H2,1-4H3,(H,16,17). The second-order valence-electron chi connectivity index (χ2n) is 6.66. The van der Waals surface area contributed by atoms with Crippen LogP contribution in [-0.4, -0.2) is 50.6 Å². The van der Waals surface area contributed by atoms with Crippen LogP contribution in [0, 0.1) is 5.41 Å². The first-order valence-electron chi connectivity index (χ1n) is 6.86. The molecule has 0 saturated carbocycles. The number of thiophene rings is 1. The molecule has 2 rings (SSSR count). The Hall–Kier alpha value is -0.960. The molecule has 124 valence electrons. The quantitative estimate of drug-likeness (QED) is 0.877. The van der Waals surface area contributed by atoms with Crippen molar-refractivity contribution in [3.63, 3.8) is 0 Å². The minimum absolute atomic E-state index is 0.00599. The molecule has 1 fully saturated rings. The minimum atomic E-state index is -3.63. The third-order valence-corrected chi connectivity index (χ3v) is 7.52. The van der Waals surface area contributed by atoms with Crippen molar-refractivity contribution in [1.29, 1.82) is 0 Å². The first-order valence-corrected chi connectivity index (χ1v) is 9.11. The summed E-state index contributed by atoms with van der Waals surface area (Å²) in [4.78, 5) is 12.3. The third kappa shape index (κ3) is 2.92. The summed E-state index contributed by atoms with van der Waals surface area (Å²) in [5, 5.41) is 9.28. The number of nitrogens with zero attached hydrogens (tertiary/aromatic N) is 1. The molecule has 0 atom stereocenters. The van der Waals surface area contributed by atoms with Gasteiger partial charge in [0.25, 0.3) is 10.0 Å². The molecule has 1 saturated heterocycles. The van der Waals surface area contributed by atoms with Gasteiger partial charge in [0.15, 0.2) is 0 Å². The maximum Gasteiger partial charge on any atom is 0.314 e. The molecule has 22 heavy (non-hydrogen) atoms. The van der Waals surface area contributed by atoms with Crippen molar-refractivity contribution in [2.75, 3.05) is 26.8 Å². The van der Waals surface area contributed by atoms with E-state index in [1.165, 1.54) is 22.8 Å². The molecule has 8 heteroatoms. The Morgan fingerprint density at radius 1 is 1.41 bits per heavy atom. The Labute approximate surface area is 134 Å². The van der Waals surface area contributed by atoms with E-state index in [0.29, 0.717) is 0 Å². The van der Waals surface area contributed by atoms with Gasteiger partial charge in [0.05, 0.1) is 6.61 Å². The van der Waals surface area contributed by atoms with Gasteiger partial charge in [-0.1, -0.05) is 20.8 Å². The van der Waals surface area contributed by atoms with E-state index in [4.69, 9.17) is 4.74 Å². The minimum Gasteiger partial charge on any atom is -0.481 e. The van der Waals surface area contributed by atoms with Gasteiger partial charge >= 0.3 is 5.97 Å². The molecular weight excluding hydrogens is 326 g/mol. The Morgan fingerprint density at radius 2 is 2.00 bits per heavy atom. The summed E-state index contributed by atoms with van der Waals surface area (Å²) in [5.41, 5.74) is -1.25. The normalized spacial score (nSPS) is 18.9. The molecule has 0 spiro atoms. The van der Waals surface area contributed by atoms with Crippen LogP contribution in [0.4, 0.5) is 0 Å². The van der Waals surface area contributed by atoms with E-state index in [0.717, 1.165) is 4.88 Å². The van der Waals surface area contributed by atoms with Crippen LogP contribution in [0.3, 0.4) is 0 Å². The highest BCUT2D eigenvalue weighted by Gasteiger charge is 2.54. The van der Waals surface area contributed by atoms with Gasteiger partial charge in [-0.15, -0.1) is 11.3 Å². The maximum absolute atomic E-state index is 12.6. The van der Waals surface area contributed by atoms with Crippen LogP contribution >= 0.6 is 11.3 Å². The van der Waals surface area contributed by atoms with Crippen LogP contribution in [0.25, 0.3) is 0 Å². The largest absolute Gasteiger partial charge is 0.481 e. The lowest BCUT2D eigenvalue weighted by Crippen LogP contribution is -2.63. The van der Waals surface area contributed by atoms with Crippen molar-refractivity contribution in [2.45, 2.75) is 30.4 Å². The SMILES string of the molecule is COCC1(C(=O)O)CN(S(=O)(=O)c2ccc(C(C)(C)C)s2)C1. The summed E-state index contributed by atoms with van der Waals surface area (Å²) < 4.78 is 31.5. The van der Waals surface area contributed by atoms with Gasteiger partial charge in [0.2, 0.25) is 0 Å². The van der Waals surface area contributed by atoms with Crippen LogP contribution in [0.1, 0.15) is 25.6 Å². The number of rotatable bonds is 5. The smallest absolute Gasteiger partial charge is 0.314 e. The van der Waals surface area contributed by atoms with Crippen LogP contribution in [0.5, 0.6) is 0 Å². The number of methoxy groups -OCH3 is 1. The molecule has 6 nitrogen and oxygen atoms in total. The molecule has 1 aliphatic rings. The summed E-state index contributed by atoms with van der Waals surface area (Å²) in [6.07, 6.45) is 0. The predicted octanol–water partition coefficient (Wildman–Crippen LogP) is 1.77. The second kappa shape index (κ2) is 5.59. The van der Waals surface area contributed by atoms with E-state index in [2.05, 4.69) is 0 Å². The van der Waals surface area contributed by atoms with Gasteiger partial charge in [-0.3, -0.25) is 4.79 Å².